The molecule has 1 rings (SSSR count). The average Bonchev–Trinajstić information content (AvgIpc) is 2.23. The summed E-state index contributed by atoms with van der Waals surface area (Å²) in [7, 11) is 0. The second-order valence-corrected chi connectivity index (χ2v) is 3.68. The van der Waals surface area contributed by atoms with E-state index >= 15 is 0 Å². The zero-order valence-corrected chi connectivity index (χ0v) is 8.31. The molecule has 0 aliphatic carbocycles. The van der Waals surface area contributed by atoms with Crippen LogP contribution in [0.5, 0.6) is 0 Å². The maximum absolute atomic E-state index is 11.7. The molecular weight excluding hydrogens is 213 g/mol. The summed E-state index contributed by atoms with van der Waals surface area (Å²) in [6, 6.07) is 0. The Bertz CT molecular complexity index is 297. The van der Waals surface area contributed by atoms with Crippen molar-refractivity contribution in [1.29, 1.82) is 0 Å². The lowest BCUT2D eigenvalue weighted by atomic mass is 10.1. The Morgan fingerprint density at radius 1 is 1.47 bits per heavy atom. The molecule has 0 saturated heterocycles. The third-order valence-corrected chi connectivity index (χ3v) is 1.73. The van der Waals surface area contributed by atoms with Gasteiger partial charge in [0.2, 0.25) is 0 Å². The van der Waals surface area contributed by atoms with Crippen molar-refractivity contribution in [3.05, 3.63) is 0 Å². The van der Waals surface area contributed by atoms with Gasteiger partial charge in [-0.25, -0.2) is 0 Å². The molecule has 0 saturated carbocycles. The molecular formula is C8H11F3N2O2. The van der Waals surface area contributed by atoms with Crippen LogP contribution >= 0.6 is 0 Å². The largest absolute Gasteiger partial charge is 0.411 e. The summed E-state index contributed by atoms with van der Waals surface area (Å²) in [6.45, 7) is 1.45. The second-order valence-electron chi connectivity index (χ2n) is 3.68. The number of alkyl halides is 3. The Hall–Kier alpha value is -1.11. The van der Waals surface area contributed by atoms with Gasteiger partial charge in [0.1, 0.15) is 24.6 Å². The number of carbonyl (C=O) groups excluding carboxylic acids is 1. The molecule has 7 heteroatoms. The lowest BCUT2D eigenvalue weighted by Crippen LogP contribution is -2.35. The molecule has 0 fully saturated rings. The van der Waals surface area contributed by atoms with Crippen molar-refractivity contribution in [2.24, 2.45) is 4.99 Å². The van der Waals surface area contributed by atoms with E-state index in [1.54, 1.807) is 13.8 Å². The lowest BCUT2D eigenvalue weighted by Gasteiger charge is -2.07. The predicted molar refractivity (Wildman–Crippen MR) is 46.5 cm³/mol. The molecule has 0 bridgehead atoms. The standard InChI is InChI=1S/C8H11F3N2O2/c1-7(2)6(14)12-5(13-7)3-15-4-8(9,10)11/h3-4H2,1-2H3,(H,12,13,14). The van der Waals surface area contributed by atoms with Crippen molar-refractivity contribution >= 4 is 11.7 Å². The number of amidine groups is 1. The molecule has 0 aromatic rings. The number of halogens is 3. The zero-order valence-electron chi connectivity index (χ0n) is 8.31. The number of nitrogens with zero attached hydrogens (tertiary/aromatic N) is 1. The second kappa shape index (κ2) is 3.80. The fourth-order valence-corrected chi connectivity index (χ4v) is 1.03. The Labute approximate surface area is 84.5 Å². The van der Waals surface area contributed by atoms with Crippen molar-refractivity contribution in [2.45, 2.75) is 25.6 Å². The van der Waals surface area contributed by atoms with Crippen LogP contribution in [0.15, 0.2) is 4.99 Å². The summed E-state index contributed by atoms with van der Waals surface area (Å²) in [5, 5.41) is 2.35. The molecule has 0 aromatic carbocycles. The van der Waals surface area contributed by atoms with Crippen molar-refractivity contribution in [3.8, 4) is 0 Å². The van der Waals surface area contributed by atoms with Crippen LogP contribution in [0, 0.1) is 0 Å². The number of nitrogens with one attached hydrogen (secondary N) is 1. The summed E-state index contributed by atoms with van der Waals surface area (Å²) in [6.07, 6.45) is -4.36. The number of hydrogen-bond donors (Lipinski definition) is 1. The summed E-state index contributed by atoms with van der Waals surface area (Å²) < 4.78 is 39.5. The molecule has 1 heterocycles. The minimum Gasteiger partial charge on any atom is -0.364 e. The van der Waals surface area contributed by atoms with Gasteiger partial charge in [-0.05, 0) is 13.8 Å². The highest BCUT2D eigenvalue weighted by Crippen LogP contribution is 2.16. The lowest BCUT2D eigenvalue weighted by molar-refractivity contribution is -0.170. The molecule has 0 unspecified atom stereocenters. The van der Waals surface area contributed by atoms with Crippen molar-refractivity contribution in [2.75, 3.05) is 13.2 Å². The molecule has 0 atom stereocenters. The van der Waals surface area contributed by atoms with Crippen LogP contribution in [0.4, 0.5) is 13.2 Å². The maximum Gasteiger partial charge on any atom is 0.411 e. The molecule has 15 heavy (non-hydrogen) atoms. The predicted octanol–water partition coefficient (Wildman–Crippen LogP) is 0.872. The van der Waals surface area contributed by atoms with Gasteiger partial charge < -0.3 is 10.1 Å². The van der Waals surface area contributed by atoms with E-state index in [2.05, 4.69) is 15.0 Å². The first-order chi connectivity index (χ1) is 6.71. The van der Waals surface area contributed by atoms with Gasteiger partial charge in [0, 0.05) is 0 Å². The molecule has 1 aliphatic rings. The molecule has 1 N–H and O–H groups in total. The van der Waals surface area contributed by atoms with Crippen LogP contribution in [0.3, 0.4) is 0 Å². The van der Waals surface area contributed by atoms with E-state index in [0.717, 1.165) is 0 Å². The van der Waals surface area contributed by atoms with Crippen LogP contribution in [0.1, 0.15) is 13.8 Å². The molecule has 0 spiro atoms. The number of amides is 1. The minimum absolute atomic E-state index is 0.134. The van der Waals surface area contributed by atoms with Gasteiger partial charge in [0.25, 0.3) is 5.91 Å². The highest BCUT2D eigenvalue weighted by molar-refractivity contribution is 6.08. The van der Waals surface area contributed by atoms with Crippen LogP contribution < -0.4 is 5.32 Å². The number of aliphatic imine (C=N–C) groups is 1. The molecule has 0 aromatic heterocycles. The summed E-state index contributed by atoms with van der Waals surface area (Å²) in [5.41, 5.74) is -0.920. The van der Waals surface area contributed by atoms with Crippen LogP contribution in [-0.2, 0) is 9.53 Å². The van der Waals surface area contributed by atoms with Crippen LogP contribution in [0.2, 0.25) is 0 Å². The van der Waals surface area contributed by atoms with E-state index in [1.807, 2.05) is 0 Å². The van der Waals surface area contributed by atoms with Crippen molar-refractivity contribution in [1.82, 2.24) is 5.32 Å². The highest BCUT2D eigenvalue weighted by Gasteiger charge is 2.34. The SMILES string of the molecule is CC1(C)N=C(COCC(F)(F)F)NC1=O. The van der Waals surface area contributed by atoms with Gasteiger partial charge >= 0.3 is 6.18 Å². The molecule has 86 valence electrons. The molecule has 0 radical (unpaired) electrons. The monoisotopic (exact) mass is 224 g/mol. The van der Waals surface area contributed by atoms with E-state index in [1.165, 1.54) is 0 Å². The minimum atomic E-state index is -4.36. The van der Waals surface area contributed by atoms with E-state index in [-0.39, 0.29) is 18.3 Å². The highest BCUT2D eigenvalue weighted by atomic mass is 19.4. The van der Waals surface area contributed by atoms with Gasteiger partial charge in [-0.1, -0.05) is 0 Å². The van der Waals surface area contributed by atoms with Crippen LogP contribution in [-0.4, -0.2) is 36.7 Å². The topological polar surface area (TPSA) is 50.7 Å². The van der Waals surface area contributed by atoms with Gasteiger partial charge in [-0.15, -0.1) is 0 Å². The van der Waals surface area contributed by atoms with Crippen LogP contribution in [0.25, 0.3) is 0 Å². The molecule has 1 aliphatic heterocycles. The van der Waals surface area contributed by atoms with Crippen molar-refractivity contribution in [3.63, 3.8) is 0 Å². The first-order valence-corrected chi connectivity index (χ1v) is 4.25. The Kier molecular flexibility index (Phi) is 3.03. The first-order valence-electron chi connectivity index (χ1n) is 4.25. The number of rotatable bonds is 3. The number of carbonyl (C=O) groups is 1. The third kappa shape index (κ3) is 3.50. The summed E-state index contributed by atoms with van der Waals surface area (Å²) in [4.78, 5) is 15.0. The number of ether oxygens (including phenoxy) is 1. The van der Waals surface area contributed by atoms with Gasteiger partial charge in [-0.2, -0.15) is 13.2 Å². The van der Waals surface area contributed by atoms with Crippen molar-refractivity contribution < 1.29 is 22.7 Å². The Balaban J connectivity index is 2.40. The zero-order chi connectivity index (χ0) is 11.7. The molecule has 4 nitrogen and oxygen atoms in total. The summed E-state index contributed by atoms with van der Waals surface area (Å²) in [5.74, 6) is -0.206. The maximum atomic E-state index is 11.7. The normalized spacial score (nSPS) is 20.1. The molecule has 1 amide bonds. The fourth-order valence-electron chi connectivity index (χ4n) is 1.03. The summed E-state index contributed by atoms with van der Waals surface area (Å²) >= 11 is 0. The van der Waals surface area contributed by atoms with Gasteiger partial charge in [0.05, 0.1) is 0 Å². The fraction of sp³-hybridized carbons (Fsp3) is 0.750. The quantitative estimate of drug-likeness (QED) is 0.773. The average molecular weight is 224 g/mol. The van der Waals surface area contributed by atoms with E-state index in [9.17, 15) is 18.0 Å². The third-order valence-electron chi connectivity index (χ3n) is 1.73. The van der Waals surface area contributed by atoms with Gasteiger partial charge in [-0.3, -0.25) is 9.79 Å². The van der Waals surface area contributed by atoms with E-state index < -0.39 is 18.3 Å². The van der Waals surface area contributed by atoms with E-state index in [0.29, 0.717) is 0 Å². The Morgan fingerprint density at radius 3 is 2.47 bits per heavy atom. The van der Waals surface area contributed by atoms with Gasteiger partial charge in [0.15, 0.2) is 0 Å². The number of hydrogen-bond acceptors (Lipinski definition) is 3. The first kappa shape index (κ1) is 12.0. The van der Waals surface area contributed by atoms with E-state index in [4.69, 9.17) is 0 Å². The Morgan fingerprint density at radius 2 is 2.07 bits per heavy atom. The smallest absolute Gasteiger partial charge is 0.364 e.